The monoisotopic (exact) mass is 421 g/mol. The summed E-state index contributed by atoms with van der Waals surface area (Å²) < 4.78 is 33.4. The van der Waals surface area contributed by atoms with Gasteiger partial charge in [0.15, 0.2) is 11.6 Å². The third-order valence-corrected chi connectivity index (χ3v) is 5.68. The van der Waals surface area contributed by atoms with E-state index in [4.69, 9.17) is 4.74 Å². The summed E-state index contributed by atoms with van der Waals surface area (Å²) in [5, 5.41) is 1.13. The standard InChI is InChI=1S/C23H17F2N3O3/c1-28(23(30)13-4-5-18-12(7-13)3-2-6-26-18)20-11-31-10-19-21(20)14-8-16(24)17(25)9-15(14)22(29)27-19/h2-9,20H,10-11H2,1H3,(H,27,29)/t20-/m1/s1. The van der Waals surface area contributed by atoms with Crippen molar-refractivity contribution < 1.29 is 18.3 Å². The number of H-pyrrole nitrogens is 1. The van der Waals surface area contributed by atoms with Crippen LogP contribution in [0.15, 0.2) is 53.5 Å². The topological polar surface area (TPSA) is 75.3 Å². The van der Waals surface area contributed by atoms with Crippen molar-refractivity contribution in [3.8, 4) is 0 Å². The second-order valence-electron chi connectivity index (χ2n) is 7.52. The summed E-state index contributed by atoms with van der Waals surface area (Å²) in [7, 11) is 1.62. The fourth-order valence-corrected chi connectivity index (χ4v) is 4.10. The molecule has 1 N–H and O–H groups in total. The van der Waals surface area contributed by atoms with E-state index in [2.05, 4.69) is 9.97 Å². The summed E-state index contributed by atoms with van der Waals surface area (Å²) in [6.45, 7) is 0.268. The minimum absolute atomic E-state index is 0.0298. The maximum atomic E-state index is 14.0. The fraction of sp³-hybridized carbons (Fsp3) is 0.174. The van der Waals surface area contributed by atoms with Crippen molar-refractivity contribution in [2.75, 3.05) is 13.7 Å². The van der Waals surface area contributed by atoms with Gasteiger partial charge in [0.05, 0.1) is 30.2 Å². The number of ether oxygens (including phenoxy) is 1. The maximum Gasteiger partial charge on any atom is 0.256 e. The molecule has 156 valence electrons. The molecule has 5 rings (SSSR count). The smallest absolute Gasteiger partial charge is 0.256 e. The molecule has 2 aromatic carbocycles. The first-order valence-corrected chi connectivity index (χ1v) is 9.67. The van der Waals surface area contributed by atoms with Crippen molar-refractivity contribution in [1.29, 1.82) is 0 Å². The predicted octanol–water partition coefficient (Wildman–Crippen LogP) is 3.70. The van der Waals surface area contributed by atoms with Crippen LogP contribution in [-0.4, -0.2) is 34.4 Å². The van der Waals surface area contributed by atoms with Gasteiger partial charge >= 0.3 is 0 Å². The Kier molecular flexibility index (Phi) is 4.51. The first kappa shape index (κ1) is 19.3. The van der Waals surface area contributed by atoms with Crippen LogP contribution in [0, 0.1) is 11.6 Å². The van der Waals surface area contributed by atoms with Gasteiger partial charge in [-0.3, -0.25) is 14.6 Å². The van der Waals surface area contributed by atoms with E-state index in [9.17, 15) is 18.4 Å². The Bertz CT molecular complexity index is 1420. The number of nitrogens with zero attached hydrogens (tertiary/aromatic N) is 2. The van der Waals surface area contributed by atoms with Gasteiger partial charge in [-0.1, -0.05) is 6.07 Å². The Balaban J connectivity index is 1.61. The molecule has 0 saturated heterocycles. The van der Waals surface area contributed by atoms with Crippen molar-refractivity contribution in [3.63, 3.8) is 0 Å². The molecule has 0 saturated carbocycles. The number of aromatic amines is 1. The zero-order valence-electron chi connectivity index (χ0n) is 16.5. The number of benzene rings is 2. The molecule has 0 spiro atoms. The molecule has 3 heterocycles. The van der Waals surface area contributed by atoms with Crippen LogP contribution in [0.3, 0.4) is 0 Å². The number of aromatic nitrogens is 2. The van der Waals surface area contributed by atoms with Crippen molar-refractivity contribution in [2.45, 2.75) is 12.6 Å². The molecule has 1 aliphatic rings. The molecule has 4 aromatic rings. The van der Waals surface area contributed by atoms with E-state index in [0.29, 0.717) is 16.8 Å². The molecule has 0 radical (unpaired) electrons. The van der Waals surface area contributed by atoms with Gasteiger partial charge in [0.1, 0.15) is 0 Å². The van der Waals surface area contributed by atoms with Gasteiger partial charge in [-0.15, -0.1) is 0 Å². The molecule has 1 amide bonds. The number of likely N-dealkylation sites (N-methyl/N-ethyl adjacent to an activating group) is 1. The number of nitrogens with one attached hydrogen (secondary N) is 1. The lowest BCUT2D eigenvalue weighted by Crippen LogP contribution is -2.37. The summed E-state index contributed by atoms with van der Waals surface area (Å²) in [6.07, 6.45) is 1.68. The second kappa shape index (κ2) is 7.24. The van der Waals surface area contributed by atoms with Crippen LogP contribution < -0.4 is 5.56 Å². The van der Waals surface area contributed by atoms with Crippen molar-refractivity contribution >= 4 is 27.6 Å². The average Bonchev–Trinajstić information content (AvgIpc) is 2.78. The maximum absolute atomic E-state index is 14.0. The lowest BCUT2D eigenvalue weighted by molar-refractivity contribution is 0.0336. The van der Waals surface area contributed by atoms with Gasteiger partial charge < -0.3 is 14.6 Å². The highest BCUT2D eigenvalue weighted by molar-refractivity contribution is 5.98. The Morgan fingerprint density at radius 1 is 1.16 bits per heavy atom. The van der Waals surface area contributed by atoms with Gasteiger partial charge in [-0.05, 0) is 41.8 Å². The molecule has 1 aliphatic heterocycles. The van der Waals surface area contributed by atoms with E-state index in [1.54, 1.807) is 37.5 Å². The molecule has 31 heavy (non-hydrogen) atoms. The highest BCUT2D eigenvalue weighted by Gasteiger charge is 2.31. The Hall–Kier alpha value is -3.65. The summed E-state index contributed by atoms with van der Waals surface area (Å²) in [5.41, 5.74) is 1.70. The third kappa shape index (κ3) is 3.16. The van der Waals surface area contributed by atoms with Crippen molar-refractivity contribution in [2.24, 2.45) is 0 Å². The number of pyridine rings is 2. The Morgan fingerprint density at radius 2 is 1.94 bits per heavy atom. The normalized spacial score (nSPS) is 15.8. The van der Waals surface area contributed by atoms with Crippen LogP contribution in [0.25, 0.3) is 21.7 Å². The van der Waals surface area contributed by atoms with Gasteiger partial charge in [-0.25, -0.2) is 8.78 Å². The van der Waals surface area contributed by atoms with Crippen molar-refractivity contribution in [1.82, 2.24) is 14.9 Å². The first-order chi connectivity index (χ1) is 14.9. The number of hydrogen-bond donors (Lipinski definition) is 1. The number of fused-ring (bicyclic) bond motifs is 4. The SMILES string of the molecule is CN(C(=O)c1ccc2ncccc2c1)[C@@H]1COCc2[nH]c(=O)c3cc(F)c(F)cc3c21. The Labute approximate surface area is 175 Å². The number of carbonyl (C=O) groups excluding carboxylic acids is 1. The van der Waals surface area contributed by atoms with Crippen LogP contribution in [0.4, 0.5) is 8.78 Å². The fourth-order valence-electron chi connectivity index (χ4n) is 4.10. The highest BCUT2D eigenvalue weighted by Crippen LogP contribution is 2.34. The van der Waals surface area contributed by atoms with Crippen molar-refractivity contribution in [3.05, 3.63) is 87.5 Å². The lowest BCUT2D eigenvalue weighted by atomic mass is 9.95. The predicted molar refractivity (Wildman–Crippen MR) is 111 cm³/mol. The summed E-state index contributed by atoms with van der Waals surface area (Å²) >= 11 is 0. The van der Waals surface area contributed by atoms with Gasteiger partial charge in [0.2, 0.25) is 0 Å². The number of carbonyl (C=O) groups is 1. The molecule has 0 fully saturated rings. The van der Waals surface area contributed by atoms with Crippen LogP contribution in [0.1, 0.15) is 27.7 Å². The first-order valence-electron chi connectivity index (χ1n) is 9.67. The molecule has 8 heteroatoms. The molecule has 0 unspecified atom stereocenters. The quantitative estimate of drug-likeness (QED) is 0.536. The summed E-state index contributed by atoms with van der Waals surface area (Å²) in [4.78, 5) is 34.1. The van der Waals surface area contributed by atoms with Gasteiger partial charge in [-0.2, -0.15) is 0 Å². The molecular weight excluding hydrogens is 404 g/mol. The average molecular weight is 421 g/mol. The number of hydrogen-bond acceptors (Lipinski definition) is 4. The molecule has 0 bridgehead atoms. The van der Waals surface area contributed by atoms with Gasteiger partial charge in [0.25, 0.3) is 11.5 Å². The van der Waals surface area contributed by atoms with E-state index in [1.807, 2.05) is 6.07 Å². The summed E-state index contributed by atoms with van der Waals surface area (Å²) in [5.74, 6) is -2.42. The van der Waals surface area contributed by atoms with Crippen LogP contribution in [-0.2, 0) is 11.3 Å². The number of rotatable bonds is 2. The third-order valence-electron chi connectivity index (χ3n) is 5.68. The van der Waals surface area contributed by atoms with Gasteiger partial charge in [0, 0.05) is 35.5 Å². The second-order valence-corrected chi connectivity index (χ2v) is 7.52. The largest absolute Gasteiger partial charge is 0.373 e. The molecule has 6 nitrogen and oxygen atoms in total. The van der Waals surface area contributed by atoms with E-state index in [0.717, 1.165) is 23.0 Å². The zero-order valence-corrected chi connectivity index (χ0v) is 16.5. The van der Waals surface area contributed by atoms with E-state index >= 15 is 0 Å². The van der Waals surface area contributed by atoms with Crippen LogP contribution in [0.2, 0.25) is 0 Å². The minimum atomic E-state index is -1.10. The van der Waals surface area contributed by atoms with E-state index in [1.165, 1.54) is 4.90 Å². The molecule has 1 atom stereocenters. The number of amides is 1. The molecule has 0 aliphatic carbocycles. The van der Waals surface area contributed by atoms with Crippen LogP contribution in [0.5, 0.6) is 0 Å². The minimum Gasteiger partial charge on any atom is -0.373 e. The lowest BCUT2D eigenvalue weighted by Gasteiger charge is -2.34. The molecule has 2 aromatic heterocycles. The van der Waals surface area contributed by atoms with E-state index in [-0.39, 0.29) is 29.9 Å². The van der Waals surface area contributed by atoms with Crippen LogP contribution >= 0.6 is 0 Å². The summed E-state index contributed by atoms with van der Waals surface area (Å²) in [6, 6.07) is 10.2. The zero-order chi connectivity index (χ0) is 21.7. The Morgan fingerprint density at radius 3 is 2.74 bits per heavy atom. The highest BCUT2D eigenvalue weighted by atomic mass is 19.2. The molecular formula is C23H17F2N3O3. The van der Waals surface area contributed by atoms with E-state index < -0.39 is 23.2 Å². The number of halogens is 2.